The average molecular weight is 186 g/mol. The Morgan fingerprint density at radius 2 is 1.54 bits per heavy atom. The highest BCUT2D eigenvalue weighted by Gasteiger charge is 2.18. The highest BCUT2D eigenvalue weighted by Crippen LogP contribution is 2.05. The lowest BCUT2D eigenvalue weighted by Gasteiger charge is -2.32. The van der Waals surface area contributed by atoms with Crippen molar-refractivity contribution in [2.75, 3.05) is 26.7 Å². The lowest BCUT2D eigenvalue weighted by molar-refractivity contribution is 0.207. The molecule has 0 saturated carbocycles. The van der Waals surface area contributed by atoms with Gasteiger partial charge < -0.3 is 10.2 Å². The topological polar surface area (TPSA) is 15.3 Å². The van der Waals surface area contributed by atoms with Gasteiger partial charge in [-0.2, -0.15) is 0 Å². The maximum Gasteiger partial charge on any atom is 0.0249 e. The van der Waals surface area contributed by atoms with Crippen LogP contribution in [0.5, 0.6) is 0 Å². The normalized spacial score (nSPS) is 12.5. The number of hydrogen-bond donors (Lipinski definition) is 1. The van der Waals surface area contributed by atoms with E-state index in [1.165, 1.54) is 25.9 Å². The fraction of sp³-hybridized carbons (Fsp3) is 1.00. The summed E-state index contributed by atoms with van der Waals surface area (Å²) >= 11 is 0. The van der Waals surface area contributed by atoms with E-state index >= 15 is 0 Å². The molecule has 0 atom stereocenters. The molecule has 0 aliphatic rings. The minimum atomic E-state index is 0.240. The van der Waals surface area contributed by atoms with Crippen LogP contribution >= 0.6 is 0 Å². The molecule has 2 heteroatoms. The summed E-state index contributed by atoms with van der Waals surface area (Å²) in [6, 6.07) is 0. The van der Waals surface area contributed by atoms with Crippen molar-refractivity contribution in [3.63, 3.8) is 0 Å². The summed E-state index contributed by atoms with van der Waals surface area (Å²) in [7, 11) is 2.04. The second kappa shape index (κ2) is 6.39. The molecule has 0 amide bonds. The predicted octanol–water partition coefficient (Wildman–Crippen LogP) is 2.11. The highest BCUT2D eigenvalue weighted by atomic mass is 15.2. The van der Waals surface area contributed by atoms with E-state index < -0.39 is 0 Å². The van der Waals surface area contributed by atoms with E-state index in [2.05, 4.69) is 37.9 Å². The molecule has 0 aromatic heterocycles. The van der Waals surface area contributed by atoms with Crippen molar-refractivity contribution in [1.29, 1.82) is 0 Å². The van der Waals surface area contributed by atoms with Crippen LogP contribution in [0.3, 0.4) is 0 Å². The molecule has 0 heterocycles. The molecule has 0 fully saturated rings. The number of nitrogens with zero attached hydrogens (tertiary/aromatic N) is 1. The van der Waals surface area contributed by atoms with E-state index in [4.69, 9.17) is 0 Å². The van der Waals surface area contributed by atoms with Crippen molar-refractivity contribution in [3.8, 4) is 0 Å². The van der Waals surface area contributed by atoms with Crippen LogP contribution in [0.4, 0.5) is 0 Å². The summed E-state index contributed by atoms with van der Waals surface area (Å²) in [5.41, 5.74) is 0.240. The minimum Gasteiger partial charge on any atom is -0.314 e. The Kier molecular flexibility index (Phi) is 6.35. The summed E-state index contributed by atoms with van der Waals surface area (Å²) in [5.74, 6) is 0. The molecule has 0 saturated heterocycles. The first-order valence-corrected chi connectivity index (χ1v) is 5.47. The van der Waals surface area contributed by atoms with Gasteiger partial charge in [-0.1, -0.05) is 13.8 Å². The Morgan fingerprint density at radius 1 is 1.08 bits per heavy atom. The van der Waals surface area contributed by atoms with Gasteiger partial charge in [0, 0.05) is 12.1 Å². The molecule has 0 aromatic rings. The number of rotatable bonds is 7. The Balaban J connectivity index is 3.92. The number of hydrogen-bond acceptors (Lipinski definition) is 2. The van der Waals surface area contributed by atoms with Crippen LogP contribution in [0.15, 0.2) is 0 Å². The first-order chi connectivity index (χ1) is 6.05. The van der Waals surface area contributed by atoms with Gasteiger partial charge in [0.1, 0.15) is 0 Å². The lowest BCUT2D eigenvalue weighted by atomic mass is 10.1. The van der Waals surface area contributed by atoms with Gasteiger partial charge in [0.15, 0.2) is 0 Å². The Bertz CT molecular complexity index is 115. The summed E-state index contributed by atoms with van der Waals surface area (Å²) in [6.45, 7) is 12.6. The van der Waals surface area contributed by atoms with Crippen LogP contribution in [0, 0.1) is 0 Å². The van der Waals surface area contributed by atoms with Crippen molar-refractivity contribution in [2.45, 2.75) is 46.1 Å². The summed E-state index contributed by atoms with van der Waals surface area (Å²) < 4.78 is 0. The Hall–Kier alpha value is -0.0800. The zero-order valence-corrected chi connectivity index (χ0v) is 9.98. The quantitative estimate of drug-likeness (QED) is 0.655. The van der Waals surface area contributed by atoms with Crippen LogP contribution in [0.1, 0.15) is 40.5 Å². The van der Waals surface area contributed by atoms with Crippen molar-refractivity contribution in [1.82, 2.24) is 10.2 Å². The van der Waals surface area contributed by atoms with Crippen LogP contribution < -0.4 is 5.32 Å². The van der Waals surface area contributed by atoms with Gasteiger partial charge in [-0.25, -0.2) is 0 Å². The molecule has 13 heavy (non-hydrogen) atoms. The molecular weight excluding hydrogens is 160 g/mol. The van der Waals surface area contributed by atoms with E-state index in [1.54, 1.807) is 0 Å². The third kappa shape index (κ3) is 6.05. The average Bonchev–Trinajstić information content (AvgIpc) is 2.05. The SMILES string of the molecule is CCCN(CCC)CC(C)(C)NC. The second-order valence-corrected chi connectivity index (χ2v) is 4.41. The molecular formula is C11H26N2. The second-order valence-electron chi connectivity index (χ2n) is 4.41. The lowest BCUT2D eigenvalue weighted by Crippen LogP contribution is -2.47. The molecule has 0 rings (SSSR count). The van der Waals surface area contributed by atoms with Gasteiger partial charge in [-0.05, 0) is 46.8 Å². The van der Waals surface area contributed by atoms with E-state index in [9.17, 15) is 0 Å². The molecule has 2 nitrogen and oxygen atoms in total. The first-order valence-electron chi connectivity index (χ1n) is 5.47. The zero-order chi connectivity index (χ0) is 10.3. The van der Waals surface area contributed by atoms with Crippen molar-refractivity contribution < 1.29 is 0 Å². The van der Waals surface area contributed by atoms with Crippen molar-refractivity contribution in [2.24, 2.45) is 0 Å². The fourth-order valence-electron chi connectivity index (χ4n) is 1.54. The van der Waals surface area contributed by atoms with Crippen LogP contribution in [0.2, 0.25) is 0 Å². The molecule has 1 N–H and O–H groups in total. The monoisotopic (exact) mass is 186 g/mol. The molecule has 0 unspecified atom stereocenters. The van der Waals surface area contributed by atoms with Gasteiger partial charge in [-0.3, -0.25) is 0 Å². The van der Waals surface area contributed by atoms with E-state index in [0.717, 1.165) is 6.54 Å². The Labute approximate surface area is 83.7 Å². The third-order valence-corrected chi connectivity index (χ3v) is 2.38. The summed E-state index contributed by atoms with van der Waals surface area (Å²) in [4.78, 5) is 2.54. The first kappa shape index (κ1) is 12.9. The minimum absolute atomic E-state index is 0.240. The molecule has 0 aliphatic carbocycles. The van der Waals surface area contributed by atoms with Crippen LogP contribution in [0.25, 0.3) is 0 Å². The number of likely N-dealkylation sites (N-methyl/N-ethyl adjacent to an activating group) is 1. The van der Waals surface area contributed by atoms with Crippen molar-refractivity contribution >= 4 is 0 Å². The van der Waals surface area contributed by atoms with Crippen LogP contribution in [-0.2, 0) is 0 Å². The predicted molar refractivity (Wildman–Crippen MR) is 60.2 cm³/mol. The standard InChI is InChI=1S/C11H26N2/c1-6-8-13(9-7-2)10-11(3,4)12-5/h12H,6-10H2,1-5H3. The van der Waals surface area contributed by atoms with Gasteiger partial charge >= 0.3 is 0 Å². The van der Waals surface area contributed by atoms with Gasteiger partial charge in [0.2, 0.25) is 0 Å². The third-order valence-electron chi connectivity index (χ3n) is 2.38. The molecule has 0 aliphatic heterocycles. The van der Waals surface area contributed by atoms with Gasteiger partial charge in [0.25, 0.3) is 0 Å². The summed E-state index contributed by atoms with van der Waals surface area (Å²) in [6.07, 6.45) is 2.50. The molecule has 0 bridgehead atoms. The van der Waals surface area contributed by atoms with Gasteiger partial charge in [-0.15, -0.1) is 0 Å². The van der Waals surface area contributed by atoms with Crippen molar-refractivity contribution in [3.05, 3.63) is 0 Å². The molecule has 0 aromatic carbocycles. The molecule has 0 radical (unpaired) electrons. The largest absolute Gasteiger partial charge is 0.314 e. The Morgan fingerprint density at radius 3 is 1.85 bits per heavy atom. The smallest absolute Gasteiger partial charge is 0.0249 e. The zero-order valence-electron chi connectivity index (χ0n) is 9.98. The highest BCUT2D eigenvalue weighted by molar-refractivity contribution is 4.79. The summed E-state index contributed by atoms with van der Waals surface area (Å²) in [5, 5.41) is 3.35. The van der Waals surface area contributed by atoms with E-state index in [-0.39, 0.29) is 5.54 Å². The molecule has 80 valence electrons. The van der Waals surface area contributed by atoms with Crippen LogP contribution in [-0.4, -0.2) is 37.1 Å². The maximum atomic E-state index is 3.35. The fourth-order valence-corrected chi connectivity index (χ4v) is 1.54. The van der Waals surface area contributed by atoms with E-state index in [0.29, 0.717) is 0 Å². The maximum absolute atomic E-state index is 3.35. The molecule has 0 spiro atoms. The van der Waals surface area contributed by atoms with Gasteiger partial charge in [0.05, 0.1) is 0 Å². The number of nitrogens with one attached hydrogen (secondary N) is 1. The van der Waals surface area contributed by atoms with E-state index in [1.807, 2.05) is 7.05 Å².